The molecule has 1 fully saturated rings. The molecular weight excluding hydrogens is 335 g/mol. The molecule has 1 aliphatic rings. The van der Waals surface area contributed by atoms with Gasteiger partial charge in [0, 0.05) is 5.69 Å². The molecule has 1 heterocycles. The van der Waals surface area contributed by atoms with Crippen molar-refractivity contribution in [2.45, 2.75) is 25.3 Å². The Kier molecular flexibility index (Phi) is 5.18. The number of aryl methyl sites for hydroxylation is 1. The Morgan fingerprint density at radius 2 is 1.88 bits per heavy atom. The van der Waals surface area contributed by atoms with E-state index < -0.39 is 11.6 Å². The Balaban J connectivity index is 1.54. The number of nitrogens with one attached hydrogen (secondary N) is 3. The van der Waals surface area contributed by atoms with Crippen LogP contribution in [0.25, 0.3) is 0 Å². The minimum atomic E-state index is -0.737. The third-order valence-corrected chi connectivity index (χ3v) is 4.44. The first-order valence-electron chi connectivity index (χ1n) is 8.40. The van der Waals surface area contributed by atoms with Crippen LogP contribution in [0.15, 0.2) is 54.6 Å². The molecule has 0 aromatic heterocycles. The van der Waals surface area contributed by atoms with Gasteiger partial charge in [-0.2, -0.15) is 0 Å². The van der Waals surface area contributed by atoms with Crippen LogP contribution < -0.4 is 16.1 Å². The van der Waals surface area contributed by atoms with Gasteiger partial charge in [-0.3, -0.25) is 10.1 Å². The van der Waals surface area contributed by atoms with E-state index in [1.54, 1.807) is 0 Å². The maximum Gasteiger partial charge on any atom is 0.338 e. The molecular formula is C19H21FN4O2. The predicted molar refractivity (Wildman–Crippen MR) is 96.6 cm³/mol. The first kappa shape index (κ1) is 17.9. The third-order valence-electron chi connectivity index (χ3n) is 4.44. The molecule has 3 N–H and O–H groups in total. The maximum absolute atomic E-state index is 12.9. The highest BCUT2D eigenvalue weighted by atomic mass is 19.1. The fourth-order valence-electron chi connectivity index (χ4n) is 2.84. The Morgan fingerprint density at radius 1 is 1.19 bits per heavy atom. The van der Waals surface area contributed by atoms with Crippen LogP contribution in [0.3, 0.4) is 0 Å². The summed E-state index contributed by atoms with van der Waals surface area (Å²) in [6.45, 7) is 2.05. The number of rotatable bonds is 5. The molecule has 136 valence electrons. The average Bonchev–Trinajstić information content (AvgIpc) is 2.92. The largest absolute Gasteiger partial charge is 0.338 e. The summed E-state index contributed by atoms with van der Waals surface area (Å²) < 4.78 is 12.9. The van der Waals surface area contributed by atoms with Crippen molar-refractivity contribution >= 4 is 17.6 Å². The van der Waals surface area contributed by atoms with Crippen molar-refractivity contribution in [2.75, 3.05) is 12.0 Å². The summed E-state index contributed by atoms with van der Waals surface area (Å²) in [6, 6.07) is 14.8. The summed E-state index contributed by atoms with van der Waals surface area (Å²) in [4.78, 5) is 24.7. The van der Waals surface area contributed by atoms with Gasteiger partial charge in [0.05, 0.1) is 12.2 Å². The van der Waals surface area contributed by atoms with Crippen LogP contribution in [0.5, 0.6) is 0 Å². The molecule has 6 nitrogen and oxygen atoms in total. The van der Waals surface area contributed by atoms with E-state index in [0.717, 1.165) is 12.0 Å². The van der Waals surface area contributed by atoms with Crippen molar-refractivity contribution in [3.05, 3.63) is 66.0 Å². The second kappa shape index (κ2) is 7.53. The number of hydrazine groups is 1. The molecule has 7 heteroatoms. The summed E-state index contributed by atoms with van der Waals surface area (Å²) in [5, 5.41) is 6.98. The van der Waals surface area contributed by atoms with E-state index in [0.29, 0.717) is 12.1 Å². The van der Waals surface area contributed by atoms with Gasteiger partial charge in [0.2, 0.25) is 0 Å². The maximum atomic E-state index is 12.9. The molecule has 3 rings (SSSR count). The number of benzene rings is 2. The number of hydrogen-bond donors (Lipinski definition) is 3. The SMILES string of the molecule is CC1(CCc2ccccc2)NCN(NC(=O)Nc2ccc(F)cc2)C1=O. The quantitative estimate of drug-likeness (QED) is 0.771. The van der Waals surface area contributed by atoms with E-state index >= 15 is 0 Å². The smallest absolute Gasteiger partial charge is 0.307 e. The topological polar surface area (TPSA) is 73.5 Å². The molecule has 1 unspecified atom stereocenters. The molecule has 0 aliphatic carbocycles. The van der Waals surface area contributed by atoms with E-state index in [9.17, 15) is 14.0 Å². The van der Waals surface area contributed by atoms with Gasteiger partial charge in [-0.1, -0.05) is 30.3 Å². The second-order valence-electron chi connectivity index (χ2n) is 6.46. The van der Waals surface area contributed by atoms with Crippen LogP contribution in [0.2, 0.25) is 0 Å². The molecule has 0 radical (unpaired) electrons. The number of anilines is 1. The molecule has 2 aromatic rings. The lowest BCUT2D eigenvalue weighted by atomic mass is 9.93. The van der Waals surface area contributed by atoms with Crippen LogP contribution in [0, 0.1) is 5.82 Å². The predicted octanol–water partition coefficient (Wildman–Crippen LogP) is 2.64. The molecule has 0 saturated carbocycles. The average molecular weight is 356 g/mol. The number of amides is 3. The van der Waals surface area contributed by atoms with E-state index in [1.807, 2.05) is 37.3 Å². The van der Waals surface area contributed by atoms with Gasteiger partial charge >= 0.3 is 6.03 Å². The lowest BCUT2D eigenvalue weighted by Gasteiger charge is -2.23. The third kappa shape index (κ3) is 4.18. The molecule has 2 aromatic carbocycles. The monoisotopic (exact) mass is 356 g/mol. The van der Waals surface area contributed by atoms with Crippen LogP contribution in [-0.2, 0) is 11.2 Å². The van der Waals surface area contributed by atoms with Crippen molar-refractivity contribution in [1.29, 1.82) is 0 Å². The number of nitrogens with zero attached hydrogens (tertiary/aromatic N) is 1. The van der Waals surface area contributed by atoms with Crippen LogP contribution in [-0.4, -0.2) is 29.2 Å². The van der Waals surface area contributed by atoms with Crippen LogP contribution >= 0.6 is 0 Å². The van der Waals surface area contributed by atoms with E-state index in [2.05, 4.69) is 16.1 Å². The summed E-state index contributed by atoms with van der Waals surface area (Å²) in [7, 11) is 0. The summed E-state index contributed by atoms with van der Waals surface area (Å²) in [5.41, 5.74) is 3.38. The van der Waals surface area contributed by atoms with Gasteiger partial charge in [0.1, 0.15) is 5.82 Å². The van der Waals surface area contributed by atoms with E-state index in [1.165, 1.54) is 29.3 Å². The standard InChI is InChI=1S/C19H21FN4O2/c1-19(12-11-14-5-3-2-4-6-14)17(25)24(13-21-19)23-18(26)22-16-9-7-15(20)8-10-16/h2-10,21H,11-13H2,1H3,(H2,22,23,26). The van der Waals surface area contributed by atoms with Gasteiger partial charge in [-0.25, -0.2) is 19.6 Å². The minimum absolute atomic E-state index is 0.192. The van der Waals surface area contributed by atoms with E-state index in [-0.39, 0.29) is 18.4 Å². The molecule has 0 spiro atoms. The fraction of sp³-hybridized carbons (Fsp3) is 0.263. The zero-order chi connectivity index (χ0) is 18.6. The number of urea groups is 1. The molecule has 1 atom stereocenters. The molecule has 3 amide bonds. The zero-order valence-corrected chi connectivity index (χ0v) is 14.5. The van der Waals surface area contributed by atoms with E-state index in [4.69, 9.17) is 0 Å². The lowest BCUT2D eigenvalue weighted by Crippen LogP contribution is -2.49. The van der Waals surface area contributed by atoms with Crippen LogP contribution in [0.1, 0.15) is 18.9 Å². The van der Waals surface area contributed by atoms with Crippen molar-refractivity contribution in [3.63, 3.8) is 0 Å². The number of halogens is 1. The van der Waals surface area contributed by atoms with Gasteiger partial charge in [0.15, 0.2) is 0 Å². The highest BCUT2D eigenvalue weighted by Gasteiger charge is 2.42. The first-order valence-corrected chi connectivity index (χ1v) is 8.40. The minimum Gasteiger partial charge on any atom is -0.307 e. The number of carbonyl (C=O) groups excluding carboxylic acids is 2. The van der Waals surface area contributed by atoms with Crippen molar-refractivity contribution in [3.8, 4) is 0 Å². The van der Waals surface area contributed by atoms with Gasteiger partial charge in [-0.05, 0) is 49.6 Å². The lowest BCUT2D eigenvalue weighted by molar-refractivity contribution is -0.133. The van der Waals surface area contributed by atoms with Crippen LogP contribution in [0.4, 0.5) is 14.9 Å². The summed E-state index contributed by atoms with van der Waals surface area (Å²) in [6.07, 6.45) is 1.37. The number of hydrogen-bond acceptors (Lipinski definition) is 3. The zero-order valence-electron chi connectivity index (χ0n) is 14.5. The van der Waals surface area contributed by atoms with Crippen molar-refractivity contribution in [1.82, 2.24) is 15.8 Å². The number of carbonyl (C=O) groups is 2. The van der Waals surface area contributed by atoms with Crippen molar-refractivity contribution in [2.24, 2.45) is 0 Å². The Bertz CT molecular complexity index is 782. The van der Waals surface area contributed by atoms with Gasteiger partial charge in [-0.15, -0.1) is 0 Å². The Labute approximate surface area is 151 Å². The Hall–Kier alpha value is -2.93. The van der Waals surface area contributed by atoms with Gasteiger partial charge < -0.3 is 5.32 Å². The normalized spacial score (nSPS) is 19.5. The highest BCUT2D eigenvalue weighted by molar-refractivity contribution is 5.93. The Morgan fingerprint density at radius 3 is 2.58 bits per heavy atom. The highest BCUT2D eigenvalue weighted by Crippen LogP contribution is 2.21. The molecule has 1 aliphatic heterocycles. The molecule has 26 heavy (non-hydrogen) atoms. The van der Waals surface area contributed by atoms with Crippen molar-refractivity contribution < 1.29 is 14.0 Å². The van der Waals surface area contributed by atoms with Gasteiger partial charge in [0.25, 0.3) is 5.91 Å². The fourth-order valence-corrected chi connectivity index (χ4v) is 2.84. The second-order valence-corrected chi connectivity index (χ2v) is 6.46. The summed E-state index contributed by atoms with van der Waals surface area (Å²) >= 11 is 0. The molecule has 1 saturated heterocycles. The summed E-state index contributed by atoms with van der Waals surface area (Å²) in [5.74, 6) is -0.577. The molecule has 0 bridgehead atoms. The first-order chi connectivity index (χ1) is 12.5.